The van der Waals surface area contributed by atoms with Crippen molar-refractivity contribution in [2.24, 2.45) is 4.40 Å². The van der Waals surface area contributed by atoms with Gasteiger partial charge in [0.05, 0.1) is 26.7 Å². The predicted molar refractivity (Wildman–Crippen MR) is 88.3 cm³/mol. The van der Waals surface area contributed by atoms with Crippen LogP contribution in [0.1, 0.15) is 33.4 Å². The van der Waals surface area contributed by atoms with Gasteiger partial charge in [-0.05, 0) is 39.8 Å². The Morgan fingerprint density at radius 2 is 2.05 bits per heavy atom. The van der Waals surface area contributed by atoms with Crippen LogP contribution in [-0.4, -0.2) is 35.4 Å². The first-order chi connectivity index (χ1) is 10.1. The number of rotatable bonds is 2. The predicted octanol–water partition coefficient (Wildman–Crippen LogP) is 3.49. The monoisotopic (exact) mass is 341 g/mol. The van der Waals surface area contributed by atoms with Gasteiger partial charge in [0.15, 0.2) is 0 Å². The van der Waals surface area contributed by atoms with Crippen LogP contribution in [0.4, 0.5) is 4.79 Å². The molecule has 0 radical (unpaired) electrons. The molecule has 8 heteroatoms. The zero-order chi connectivity index (χ0) is 16.7. The Morgan fingerprint density at radius 3 is 2.59 bits per heavy atom. The Labute approximate surface area is 135 Å². The molecule has 0 saturated carbocycles. The second-order valence-electron chi connectivity index (χ2n) is 5.73. The minimum absolute atomic E-state index is 0.240. The highest BCUT2D eigenvalue weighted by atomic mass is 35.5. The molecule has 0 spiro atoms. The smallest absolute Gasteiger partial charge is 0.416 e. The van der Waals surface area contributed by atoms with Crippen molar-refractivity contribution in [3.8, 4) is 0 Å². The van der Waals surface area contributed by atoms with Crippen molar-refractivity contribution in [1.82, 2.24) is 9.55 Å². The van der Waals surface area contributed by atoms with E-state index in [0.717, 1.165) is 4.57 Å². The summed E-state index contributed by atoms with van der Waals surface area (Å²) in [4.78, 5) is 15.4. The highest BCUT2D eigenvalue weighted by Gasteiger charge is 2.20. The van der Waals surface area contributed by atoms with E-state index in [-0.39, 0.29) is 5.02 Å². The van der Waals surface area contributed by atoms with Crippen LogP contribution in [0, 0.1) is 0 Å². The first kappa shape index (κ1) is 16.6. The lowest BCUT2D eigenvalue weighted by molar-refractivity contribution is 0.197. The molecule has 1 N–H and O–H groups in total. The molecule has 0 fully saturated rings. The molecule has 6 nitrogen and oxygen atoms in total. The fourth-order valence-corrected chi connectivity index (χ4v) is 2.59. The number of pyridine rings is 1. The Hall–Kier alpha value is -1.73. The summed E-state index contributed by atoms with van der Waals surface area (Å²) in [5.74, 6) is 0. The highest BCUT2D eigenvalue weighted by molar-refractivity contribution is 7.85. The molecule has 2 aromatic heterocycles. The minimum Gasteiger partial charge on any atom is -0.464 e. The van der Waals surface area contributed by atoms with Crippen molar-refractivity contribution in [2.75, 3.05) is 0 Å². The molecule has 0 aliphatic heterocycles. The lowest BCUT2D eigenvalue weighted by Crippen LogP contribution is -2.20. The molecule has 0 aliphatic rings. The molecular formula is C14H16ClN3O3S. The van der Waals surface area contributed by atoms with Gasteiger partial charge in [0.2, 0.25) is 0 Å². The van der Waals surface area contributed by atoms with Gasteiger partial charge in [-0.1, -0.05) is 11.6 Å². The fraction of sp³-hybridized carbons (Fsp3) is 0.357. The first-order valence-electron chi connectivity index (χ1n) is 6.50. The van der Waals surface area contributed by atoms with E-state index in [1.54, 1.807) is 19.1 Å². The topological polar surface area (TPSA) is 84.5 Å². The van der Waals surface area contributed by atoms with Gasteiger partial charge >= 0.3 is 6.09 Å². The standard InChI is InChI=1S/C14H16ClN3O3S/c1-8(17-22(21)14(2,3)4)10-5-6-11-12(16-10)9(15)7-18(11)13(19)20/h5-7H,1-4H3,(H,19,20). The summed E-state index contributed by atoms with van der Waals surface area (Å²) >= 11 is 6.03. The third-order valence-electron chi connectivity index (χ3n) is 2.92. The number of hydrogen-bond acceptors (Lipinski definition) is 3. The molecule has 0 aromatic carbocycles. The normalized spacial score (nSPS) is 14.3. The summed E-state index contributed by atoms with van der Waals surface area (Å²) in [5.41, 5.74) is 1.79. The first-order valence-corrected chi connectivity index (χ1v) is 7.98. The van der Waals surface area contributed by atoms with Crippen LogP contribution in [-0.2, 0) is 11.0 Å². The fourth-order valence-electron chi connectivity index (χ4n) is 1.73. The number of halogens is 1. The van der Waals surface area contributed by atoms with Gasteiger partial charge in [-0.15, -0.1) is 0 Å². The van der Waals surface area contributed by atoms with Gasteiger partial charge in [-0.3, -0.25) is 0 Å². The van der Waals surface area contributed by atoms with E-state index < -0.39 is 21.8 Å². The molecule has 2 heterocycles. The highest BCUT2D eigenvalue weighted by Crippen LogP contribution is 2.24. The van der Waals surface area contributed by atoms with Crippen molar-refractivity contribution in [1.29, 1.82) is 0 Å². The summed E-state index contributed by atoms with van der Waals surface area (Å²) in [5, 5.41) is 9.34. The SMILES string of the molecule is CC(=NS(=O)C(C)(C)C)c1ccc2c(n1)c(Cl)cn2C(=O)O. The van der Waals surface area contributed by atoms with Gasteiger partial charge < -0.3 is 5.11 Å². The number of hydrogen-bond donors (Lipinski definition) is 1. The van der Waals surface area contributed by atoms with Gasteiger partial charge in [-0.25, -0.2) is 18.6 Å². The Morgan fingerprint density at radius 1 is 1.41 bits per heavy atom. The van der Waals surface area contributed by atoms with Crippen LogP contribution in [0.15, 0.2) is 22.7 Å². The average molecular weight is 342 g/mol. The lowest BCUT2D eigenvalue weighted by Gasteiger charge is -2.13. The number of carboxylic acid groups (broad SMARTS) is 1. The van der Waals surface area contributed by atoms with Crippen LogP contribution in [0.2, 0.25) is 5.02 Å². The third-order valence-corrected chi connectivity index (χ3v) is 4.69. The van der Waals surface area contributed by atoms with Crippen LogP contribution in [0.3, 0.4) is 0 Å². The van der Waals surface area contributed by atoms with Crippen molar-refractivity contribution >= 4 is 45.4 Å². The zero-order valence-corrected chi connectivity index (χ0v) is 14.2. The molecule has 2 rings (SSSR count). The Kier molecular flexibility index (Phi) is 4.39. The van der Waals surface area contributed by atoms with Crippen LogP contribution >= 0.6 is 11.6 Å². The number of fused-ring (bicyclic) bond motifs is 1. The van der Waals surface area contributed by atoms with Crippen molar-refractivity contribution in [3.05, 3.63) is 29.0 Å². The second-order valence-corrected chi connectivity index (χ2v) is 8.04. The summed E-state index contributed by atoms with van der Waals surface area (Å²) in [6, 6.07) is 3.24. The summed E-state index contributed by atoms with van der Waals surface area (Å²) < 4.78 is 16.8. The van der Waals surface area contributed by atoms with E-state index in [2.05, 4.69) is 9.38 Å². The summed E-state index contributed by atoms with van der Waals surface area (Å²) in [6.07, 6.45) is 0.163. The molecule has 0 saturated heterocycles. The van der Waals surface area contributed by atoms with E-state index >= 15 is 0 Å². The molecule has 1 unspecified atom stereocenters. The van der Waals surface area contributed by atoms with Crippen molar-refractivity contribution in [2.45, 2.75) is 32.4 Å². The Balaban J connectivity index is 2.50. The largest absolute Gasteiger partial charge is 0.464 e. The maximum Gasteiger partial charge on any atom is 0.416 e. The van der Waals surface area contributed by atoms with Gasteiger partial charge in [0, 0.05) is 6.20 Å². The average Bonchev–Trinajstić information content (AvgIpc) is 2.74. The molecule has 1 atom stereocenters. The second kappa shape index (κ2) is 5.81. The van der Waals surface area contributed by atoms with Crippen LogP contribution in [0.25, 0.3) is 11.0 Å². The molecule has 22 heavy (non-hydrogen) atoms. The summed E-state index contributed by atoms with van der Waals surface area (Å²) in [7, 11) is -1.39. The molecule has 0 bridgehead atoms. The van der Waals surface area contributed by atoms with E-state index in [9.17, 15) is 9.00 Å². The maximum atomic E-state index is 12.1. The number of nitrogens with zero attached hydrogens (tertiary/aromatic N) is 3. The molecule has 2 aromatic rings. The van der Waals surface area contributed by atoms with Crippen molar-refractivity contribution in [3.63, 3.8) is 0 Å². The lowest BCUT2D eigenvalue weighted by atomic mass is 10.2. The van der Waals surface area contributed by atoms with Crippen molar-refractivity contribution < 1.29 is 14.1 Å². The number of carbonyl (C=O) groups is 1. The van der Waals surface area contributed by atoms with Crippen LogP contribution in [0.5, 0.6) is 0 Å². The summed E-state index contributed by atoms with van der Waals surface area (Å²) in [6.45, 7) is 7.21. The molecule has 0 aliphatic carbocycles. The van der Waals surface area contributed by atoms with E-state index in [0.29, 0.717) is 22.4 Å². The quantitative estimate of drug-likeness (QED) is 0.847. The minimum atomic E-state index is -1.39. The molecule has 0 amide bonds. The van der Waals surface area contributed by atoms with E-state index in [1.165, 1.54) is 6.20 Å². The van der Waals surface area contributed by atoms with Gasteiger partial charge in [0.25, 0.3) is 0 Å². The van der Waals surface area contributed by atoms with E-state index in [4.69, 9.17) is 16.7 Å². The zero-order valence-electron chi connectivity index (χ0n) is 12.6. The molecule has 118 valence electrons. The van der Waals surface area contributed by atoms with Gasteiger partial charge in [0.1, 0.15) is 16.5 Å². The van der Waals surface area contributed by atoms with Gasteiger partial charge in [-0.2, -0.15) is 4.40 Å². The third kappa shape index (κ3) is 3.20. The Bertz CT molecular complexity index is 806. The van der Waals surface area contributed by atoms with Crippen LogP contribution < -0.4 is 0 Å². The number of aromatic nitrogens is 2. The maximum absolute atomic E-state index is 12.1. The molecular weight excluding hydrogens is 326 g/mol. The van der Waals surface area contributed by atoms with E-state index in [1.807, 2.05) is 20.8 Å².